The summed E-state index contributed by atoms with van der Waals surface area (Å²) in [7, 11) is 0. The minimum absolute atomic E-state index is 0.0450. The number of aromatic nitrogens is 1. The zero-order valence-electron chi connectivity index (χ0n) is 11.9. The van der Waals surface area contributed by atoms with Crippen LogP contribution in [0.25, 0.3) is 0 Å². The molecule has 0 aliphatic carbocycles. The van der Waals surface area contributed by atoms with E-state index in [1.165, 1.54) is 0 Å². The van der Waals surface area contributed by atoms with E-state index < -0.39 is 5.82 Å². The molecule has 1 aromatic heterocycles. The lowest BCUT2D eigenvalue weighted by Gasteiger charge is -2.11. The maximum atomic E-state index is 14.0. The van der Waals surface area contributed by atoms with Gasteiger partial charge in [-0.05, 0) is 25.5 Å². The first-order chi connectivity index (χ1) is 9.15. The molecule has 5 heteroatoms. The first kappa shape index (κ1) is 15.9. The monoisotopic (exact) mass is 270 g/mol. The van der Waals surface area contributed by atoms with Crippen LogP contribution in [0.3, 0.4) is 0 Å². The molecule has 0 unspecified atom stereocenters. The van der Waals surface area contributed by atoms with Gasteiger partial charge in [-0.25, -0.2) is 9.37 Å². The molecule has 0 aliphatic rings. The van der Waals surface area contributed by atoms with Crippen molar-refractivity contribution < 1.29 is 13.9 Å². The predicted octanol–water partition coefficient (Wildman–Crippen LogP) is 2.38. The first-order valence-corrected chi connectivity index (χ1v) is 6.69. The van der Waals surface area contributed by atoms with Crippen molar-refractivity contribution in [2.24, 2.45) is 5.92 Å². The summed E-state index contributed by atoms with van der Waals surface area (Å²) in [6.07, 6.45) is 1.56. The molecule has 0 atom stereocenters. The Kier molecular flexibility index (Phi) is 7.36. The van der Waals surface area contributed by atoms with Gasteiger partial charge in [-0.1, -0.05) is 13.8 Å². The number of hydrogen-bond acceptors (Lipinski definition) is 4. The topological polar surface area (TPSA) is 43.4 Å². The molecule has 0 saturated heterocycles. The van der Waals surface area contributed by atoms with E-state index in [-0.39, 0.29) is 5.88 Å². The summed E-state index contributed by atoms with van der Waals surface area (Å²) >= 11 is 0. The molecule has 108 valence electrons. The van der Waals surface area contributed by atoms with Crippen molar-refractivity contribution in [2.45, 2.75) is 27.3 Å². The second-order valence-electron chi connectivity index (χ2n) is 4.66. The Bertz CT molecular complexity index is 372. The molecule has 19 heavy (non-hydrogen) atoms. The smallest absolute Gasteiger partial charge is 0.250 e. The molecule has 1 N–H and O–H groups in total. The number of nitrogens with one attached hydrogen (secondary N) is 1. The molecule has 0 spiro atoms. The molecule has 0 fully saturated rings. The molecule has 0 bridgehead atoms. The fraction of sp³-hybridized carbons (Fsp3) is 0.643. The van der Waals surface area contributed by atoms with Crippen molar-refractivity contribution in [3.05, 3.63) is 23.6 Å². The summed E-state index contributed by atoms with van der Waals surface area (Å²) in [5.41, 5.74) is 0.571. The van der Waals surface area contributed by atoms with Gasteiger partial charge >= 0.3 is 0 Å². The van der Waals surface area contributed by atoms with Crippen molar-refractivity contribution in [3.8, 4) is 5.88 Å². The van der Waals surface area contributed by atoms with Crippen LogP contribution >= 0.6 is 0 Å². The molecular weight excluding hydrogens is 247 g/mol. The van der Waals surface area contributed by atoms with E-state index in [0.29, 0.717) is 37.8 Å². The molecule has 1 heterocycles. The van der Waals surface area contributed by atoms with E-state index in [0.717, 1.165) is 6.54 Å². The Labute approximate surface area is 114 Å². The van der Waals surface area contributed by atoms with Crippen molar-refractivity contribution in [1.82, 2.24) is 10.3 Å². The average molecular weight is 270 g/mol. The molecule has 0 saturated carbocycles. The van der Waals surface area contributed by atoms with Gasteiger partial charge in [0, 0.05) is 24.9 Å². The van der Waals surface area contributed by atoms with Crippen LogP contribution in [0.5, 0.6) is 5.88 Å². The predicted molar refractivity (Wildman–Crippen MR) is 72.7 cm³/mol. The van der Waals surface area contributed by atoms with Crippen molar-refractivity contribution in [2.75, 3.05) is 26.4 Å². The number of nitrogens with zero attached hydrogens (tertiary/aromatic N) is 1. The van der Waals surface area contributed by atoms with Crippen LogP contribution in [-0.2, 0) is 11.3 Å². The van der Waals surface area contributed by atoms with E-state index in [1.54, 1.807) is 12.3 Å². The summed E-state index contributed by atoms with van der Waals surface area (Å²) in [5, 5.41) is 3.20. The zero-order valence-corrected chi connectivity index (χ0v) is 11.9. The summed E-state index contributed by atoms with van der Waals surface area (Å²) in [6.45, 7) is 8.82. The summed E-state index contributed by atoms with van der Waals surface area (Å²) < 4.78 is 24.4. The van der Waals surface area contributed by atoms with Gasteiger partial charge in [0.2, 0.25) is 0 Å². The van der Waals surface area contributed by atoms with Gasteiger partial charge in [0.25, 0.3) is 5.88 Å². The fourth-order valence-corrected chi connectivity index (χ4v) is 1.54. The Morgan fingerprint density at radius 2 is 2.16 bits per heavy atom. The van der Waals surface area contributed by atoms with Crippen LogP contribution in [0.2, 0.25) is 0 Å². The van der Waals surface area contributed by atoms with Gasteiger partial charge in [0.15, 0.2) is 5.82 Å². The van der Waals surface area contributed by atoms with E-state index >= 15 is 0 Å². The third-order valence-corrected chi connectivity index (χ3v) is 2.48. The molecule has 0 aliphatic heterocycles. The maximum absolute atomic E-state index is 14.0. The van der Waals surface area contributed by atoms with Crippen LogP contribution in [0.15, 0.2) is 12.3 Å². The van der Waals surface area contributed by atoms with Gasteiger partial charge in [0.05, 0.1) is 6.61 Å². The lowest BCUT2D eigenvalue weighted by molar-refractivity contribution is 0.106. The lowest BCUT2D eigenvalue weighted by Crippen LogP contribution is -2.20. The second-order valence-corrected chi connectivity index (χ2v) is 4.66. The van der Waals surface area contributed by atoms with Crippen LogP contribution in [0, 0.1) is 11.7 Å². The van der Waals surface area contributed by atoms with Crippen LogP contribution in [-0.4, -0.2) is 31.3 Å². The normalized spacial score (nSPS) is 11.0. The minimum atomic E-state index is -0.393. The summed E-state index contributed by atoms with van der Waals surface area (Å²) in [4.78, 5) is 3.90. The highest BCUT2D eigenvalue weighted by Crippen LogP contribution is 2.17. The third-order valence-electron chi connectivity index (χ3n) is 2.48. The summed E-state index contributed by atoms with van der Waals surface area (Å²) in [5.74, 6) is 0.186. The highest BCUT2D eigenvalue weighted by Gasteiger charge is 2.10. The third kappa shape index (κ3) is 5.98. The standard InChI is InChI=1S/C14H23FN2O2/c1-4-18-7-8-19-14-13(15)12(5-6-17-14)10-16-9-11(2)3/h5-6,11,16H,4,7-10H2,1-3H3. The second kappa shape index (κ2) is 8.82. The van der Waals surface area contributed by atoms with Crippen molar-refractivity contribution in [1.29, 1.82) is 0 Å². The quantitative estimate of drug-likeness (QED) is 0.700. The Morgan fingerprint density at radius 3 is 2.84 bits per heavy atom. The van der Waals surface area contributed by atoms with Gasteiger partial charge in [-0.2, -0.15) is 0 Å². The molecule has 0 amide bonds. The van der Waals surface area contributed by atoms with E-state index in [9.17, 15) is 4.39 Å². The van der Waals surface area contributed by atoms with Crippen LogP contribution in [0.4, 0.5) is 4.39 Å². The Hall–Kier alpha value is -1.20. The van der Waals surface area contributed by atoms with E-state index in [4.69, 9.17) is 9.47 Å². The minimum Gasteiger partial charge on any atom is -0.473 e. The molecule has 4 nitrogen and oxygen atoms in total. The molecular formula is C14H23FN2O2. The lowest BCUT2D eigenvalue weighted by atomic mass is 10.2. The SMILES string of the molecule is CCOCCOc1nccc(CNCC(C)C)c1F. The number of ether oxygens (including phenoxy) is 2. The first-order valence-electron chi connectivity index (χ1n) is 6.69. The zero-order chi connectivity index (χ0) is 14.1. The van der Waals surface area contributed by atoms with Gasteiger partial charge < -0.3 is 14.8 Å². The molecule has 1 aromatic rings. The van der Waals surface area contributed by atoms with Gasteiger partial charge in [-0.3, -0.25) is 0 Å². The molecule has 1 rings (SSSR count). The van der Waals surface area contributed by atoms with Crippen molar-refractivity contribution in [3.63, 3.8) is 0 Å². The maximum Gasteiger partial charge on any atom is 0.250 e. The van der Waals surface area contributed by atoms with Crippen LogP contribution < -0.4 is 10.1 Å². The highest BCUT2D eigenvalue weighted by molar-refractivity contribution is 5.23. The van der Waals surface area contributed by atoms with Crippen LogP contribution in [0.1, 0.15) is 26.3 Å². The molecule has 0 radical (unpaired) electrons. The number of pyridine rings is 1. The van der Waals surface area contributed by atoms with E-state index in [2.05, 4.69) is 24.1 Å². The summed E-state index contributed by atoms with van der Waals surface area (Å²) in [6, 6.07) is 1.66. The Morgan fingerprint density at radius 1 is 1.37 bits per heavy atom. The number of hydrogen-bond donors (Lipinski definition) is 1. The van der Waals surface area contributed by atoms with E-state index in [1.807, 2.05) is 6.92 Å². The fourth-order valence-electron chi connectivity index (χ4n) is 1.54. The van der Waals surface area contributed by atoms with Gasteiger partial charge in [-0.15, -0.1) is 0 Å². The Balaban J connectivity index is 2.49. The number of rotatable bonds is 9. The highest BCUT2D eigenvalue weighted by atomic mass is 19.1. The number of halogens is 1. The van der Waals surface area contributed by atoms with Crippen molar-refractivity contribution >= 4 is 0 Å². The van der Waals surface area contributed by atoms with Gasteiger partial charge in [0.1, 0.15) is 6.61 Å². The molecule has 0 aromatic carbocycles. The largest absolute Gasteiger partial charge is 0.473 e. The average Bonchev–Trinajstić information content (AvgIpc) is 2.38.